The Labute approximate surface area is 187 Å². The van der Waals surface area contributed by atoms with Gasteiger partial charge in [0.25, 0.3) is 0 Å². The lowest BCUT2D eigenvalue weighted by Gasteiger charge is -2.18. The lowest BCUT2D eigenvalue weighted by atomic mass is 10.1. The number of nitrogens with one attached hydrogen (secondary N) is 2. The lowest BCUT2D eigenvalue weighted by molar-refractivity contribution is -0.129. The number of likely N-dealkylation sites (tertiary alicyclic amines) is 1. The maximum absolute atomic E-state index is 13.0. The predicted molar refractivity (Wildman–Crippen MR) is 123 cm³/mol. The van der Waals surface area contributed by atoms with Gasteiger partial charge < -0.3 is 10.6 Å². The Morgan fingerprint density at radius 3 is 2.47 bits per heavy atom. The summed E-state index contributed by atoms with van der Waals surface area (Å²) >= 11 is 0. The first-order chi connectivity index (χ1) is 15.3. The second kappa shape index (κ2) is 8.94. The van der Waals surface area contributed by atoms with Crippen molar-refractivity contribution in [2.45, 2.75) is 23.9 Å². The molecule has 1 aliphatic rings. The van der Waals surface area contributed by atoms with E-state index in [1.807, 2.05) is 42.5 Å². The first-order valence-electron chi connectivity index (χ1n) is 10.2. The highest BCUT2D eigenvalue weighted by atomic mass is 32.2. The summed E-state index contributed by atoms with van der Waals surface area (Å²) in [6.07, 6.45) is 0.392. The number of rotatable bonds is 7. The fourth-order valence-corrected chi connectivity index (χ4v) is 5.06. The normalized spacial score (nSPS) is 16.3. The molecular formula is C24H24N4O3S. The van der Waals surface area contributed by atoms with Gasteiger partial charge in [-0.25, -0.2) is 8.42 Å². The van der Waals surface area contributed by atoms with Gasteiger partial charge in [0.1, 0.15) is 11.9 Å². The molecule has 8 heteroatoms. The number of nitrogens with two attached hydrogens (primary N) is 1. The zero-order chi connectivity index (χ0) is 22.7. The molecule has 0 spiro atoms. The van der Waals surface area contributed by atoms with Crippen LogP contribution in [0.2, 0.25) is 0 Å². The Hall–Kier alpha value is -3.49. The van der Waals surface area contributed by atoms with E-state index in [9.17, 15) is 13.2 Å². The van der Waals surface area contributed by atoms with Gasteiger partial charge in [-0.15, -0.1) is 0 Å². The van der Waals surface area contributed by atoms with Crippen molar-refractivity contribution in [3.05, 3.63) is 90.0 Å². The van der Waals surface area contributed by atoms with Crippen LogP contribution in [-0.4, -0.2) is 37.6 Å². The second-order valence-electron chi connectivity index (χ2n) is 7.73. The van der Waals surface area contributed by atoms with Gasteiger partial charge in [-0.3, -0.25) is 10.2 Å². The number of benzene rings is 3. The molecule has 1 atom stereocenters. The molecule has 1 saturated heterocycles. The SMILES string of the molecule is N=C(N)c1cccc(CN2CC[C@H](NS(=O)(=O)c3cccc(-c4ccccc4)c3)C2=O)c1. The van der Waals surface area contributed by atoms with Crippen LogP contribution in [0.5, 0.6) is 0 Å². The van der Waals surface area contributed by atoms with Gasteiger partial charge in [0.2, 0.25) is 15.9 Å². The topological polar surface area (TPSA) is 116 Å². The number of carbonyl (C=O) groups is 1. The van der Waals surface area contributed by atoms with Crippen LogP contribution in [-0.2, 0) is 21.4 Å². The van der Waals surface area contributed by atoms with Gasteiger partial charge in [0.15, 0.2) is 0 Å². The molecule has 0 saturated carbocycles. The van der Waals surface area contributed by atoms with Gasteiger partial charge in [0.05, 0.1) is 4.90 Å². The highest BCUT2D eigenvalue weighted by Gasteiger charge is 2.35. The van der Waals surface area contributed by atoms with Crippen molar-refractivity contribution >= 4 is 21.8 Å². The quantitative estimate of drug-likeness (QED) is 0.381. The van der Waals surface area contributed by atoms with E-state index in [4.69, 9.17) is 11.1 Å². The molecule has 0 aromatic heterocycles. The van der Waals surface area contributed by atoms with Gasteiger partial charge >= 0.3 is 0 Å². The van der Waals surface area contributed by atoms with Crippen molar-refractivity contribution in [1.29, 1.82) is 5.41 Å². The molecule has 3 aromatic carbocycles. The van der Waals surface area contributed by atoms with Crippen LogP contribution in [0.4, 0.5) is 0 Å². The van der Waals surface area contributed by atoms with Crippen molar-refractivity contribution in [2.24, 2.45) is 5.73 Å². The van der Waals surface area contributed by atoms with E-state index in [1.54, 1.807) is 35.2 Å². The Balaban J connectivity index is 1.47. The first kappa shape index (κ1) is 21.7. The summed E-state index contributed by atoms with van der Waals surface area (Å²) in [6.45, 7) is 0.780. The fraction of sp³-hybridized carbons (Fsp3) is 0.167. The number of hydrogen-bond acceptors (Lipinski definition) is 4. The molecule has 0 unspecified atom stereocenters. The number of sulfonamides is 1. The molecule has 3 aromatic rings. The van der Waals surface area contributed by atoms with Crippen molar-refractivity contribution in [1.82, 2.24) is 9.62 Å². The van der Waals surface area contributed by atoms with Crippen LogP contribution in [0.1, 0.15) is 17.5 Å². The van der Waals surface area contributed by atoms with Gasteiger partial charge in [-0.1, -0.05) is 60.7 Å². The van der Waals surface area contributed by atoms with Crippen molar-refractivity contribution < 1.29 is 13.2 Å². The molecule has 1 heterocycles. The number of carbonyl (C=O) groups excluding carboxylic acids is 1. The monoisotopic (exact) mass is 448 g/mol. The van der Waals surface area contributed by atoms with Crippen LogP contribution < -0.4 is 10.5 Å². The van der Waals surface area contributed by atoms with Crippen LogP contribution in [0.3, 0.4) is 0 Å². The lowest BCUT2D eigenvalue weighted by Crippen LogP contribution is -2.41. The first-order valence-corrected chi connectivity index (χ1v) is 11.7. The number of amidine groups is 1. The maximum Gasteiger partial charge on any atom is 0.241 e. The third kappa shape index (κ3) is 4.71. The summed E-state index contributed by atoms with van der Waals surface area (Å²) in [6, 6.07) is 22.5. The van der Waals surface area contributed by atoms with E-state index < -0.39 is 16.1 Å². The summed E-state index contributed by atoms with van der Waals surface area (Å²) in [5.74, 6) is -0.302. The maximum atomic E-state index is 13.0. The Bertz CT molecular complexity index is 1260. The largest absolute Gasteiger partial charge is 0.384 e. The Morgan fingerprint density at radius 2 is 1.72 bits per heavy atom. The molecular weight excluding hydrogens is 424 g/mol. The van der Waals surface area contributed by atoms with Crippen molar-refractivity contribution in [3.8, 4) is 11.1 Å². The van der Waals surface area contributed by atoms with Crippen molar-refractivity contribution in [2.75, 3.05) is 6.54 Å². The minimum atomic E-state index is -3.86. The predicted octanol–water partition coefficient (Wildman–Crippen LogP) is 2.72. The average Bonchev–Trinajstić information content (AvgIpc) is 3.13. The summed E-state index contributed by atoms with van der Waals surface area (Å²) < 4.78 is 28.5. The minimum absolute atomic E-state index is 0.0389. The molecule has 1 aliphatic heterocycles. The molecule has 4 rings (SSSR count). The van der Waals surface area contributed by atoms with Crippen LogP contribution in [0.25, 0.3) is 11.1 Å². The minimum Gasteiger partial charge on any atom is -0.384 e. The number of amides is 1. The summed E-state index contributed by atoms with van der Waals surface area (Å²) in [7, 11) is -3.86. The van der Waals surface area contributed by atoms with Gasteiger partial charge in [0, 0.05) is 18.7 Å². The molecule has 0 radical (unpaired) electrons. The van der Waals surface area contributed by atoms with E-state index in [0.717, 1.165) is 16.7 Å². The van der Waals surface area contributed by atoms with Crippen LogP contribution in [0, 0.1) is 5.41 Å². The Morgan fingerprint density at radius 1 is 1.00 bits per heavy atom. The summed E-state index contributed by atoms with van der Waals surface area (Å²) in [5, 5.41) is 7.56. The highest BCUT2D eigenvalue weighted by Crippen LogP contribution is 2.23. The third-order valence-electron chi connectivity index (χ3n) is 5.46. The summed E-state index contributed by atoms with van der Waals surface area (Å²) in [5.41, 5.74) is 8.67. The standard InChI is InChI=1S/C24H24N4O3S/c25-23(26)20-10-4-6-17(14-20)16-28-13-12-22(24(28)29)27-32(30,31)21-11-5-9-19(15-21)18-7-2-1-3-8-18/h1-11,14-15,22,27H,12-13,16H2,(H3,25,26)/t22-/m0/s1. The van der Waals surface area contributed by atoms with E-state index in [2.05, 4.69) is 4.72 Å². The third-order valence-corrected chi connectivity index (χ3v) is 6.93. The fourth-order valence-electron chi connectivity index (χ4n) is 3.79. The molecule has 0 aliphatic carbocycles. The Kier molecular flexibility index (Phi) is 6.07. The van der Waals surface area contributed by atoms with Crippen molar-refractivity contribution in [3.63, 3.8) is 0 Å². The number of nitrogen functional groups attached to an aromatic ring is 1. The highest BCUT2D eigenvalue weighted by molar-refractivity contribution is 7.89. The molecule has 1 fully saturated rings. The molecule has 32 heavy (non-hydrogen) atoms. The smallest absolute Gasteiger partial charge is 0.241 e. The zero-order valence-electron chi connectivity index (χ0n) is 17.4. The zero-order valence-corrected chi connectivity index (χ0v) is 18.2. The number of hydrogen-bond donors (Lipinski definition) is 3. The van der Waals surface area contributed by atoms with Gasteiger partial charge in [-0.05, 0) is 41.3 Å². The average molecular weight is 449 g/mol. The molecule has 164 valence electrons. The van der Waals surface area contributed by atoms with Gasteiger partial charge in [-0.2, -0.15) is 4.72 Å². The van der Waals surface area contributed by atoms with E-state index in [1.165, 1.54) is 6.07 Å². The molecule has 7 nitrogen and oxygen atoms in total. The van der Waals surface area contributed by atoms with E-state index >= 15 is 0 Å². The molecule has 0 bridgehead atoms. The summed E-state index contributed by atoms with van der Waals surface area (Å²) in [4.78, 5) is 14.6. The number of nitrogens with zero attached hydrogens (tertiary/aromatic N) is 1. The van der Waals surface area contributed by atoms with E-state index in [0.29, 0.717) is 25.1 Å². The van der Waals surface area contributed by atoms with Crippen LogP contribution >= 0.6 is 0 Å². The molecule has 1 amide bonds. The molecule has 4 N–H and O–H groups in total. The second-order valence-corrected chi connectivity index (χ2v) is 9.44. The van der Waals surface area contributed by atoms with Crippen LogP contribution in [0.15, 0.2) is 83.8 Å². The van der Waals surface area contributed by atoms with E-state index in [-0.39, 0.29) is 16.6 Å².